The van der Waals surface area contributed by atoms with Crippen molar-refractivity contribution in [1.29, 1.82) is 0 Å². The Kier molecular flexibility index (Phi) is 5.04. The van der Waals surface area contributed by atoms with Crippen molar-refractivity contribution in [1.82, 2.24) is 0 Å². The number of ether oxygens (including phenoxy) is 2. The Morgan fingerprint density at radius 1 is 1.04 bits per heavy atom. The van der Waals surface area contributed by atoms with E-state index in [0.717, 1.165) is 18.0 Å². The molecule has 0 fully saturated rings. The molecule has 1 aliphatic rings. The predicted octanol–water partition coefficient (Wildman–Crippen LogP) is 4.07. The molecule has 0 spiro atoms. The summed E-state index contributed by atoms with van der Waals surface area (Å²) in [6, 6.07) is 7.05. The standard InChI is InChI=1S/C17H12F5NO4S/c1-9-2-4-10(5-3-9)28(24,25)16-15(26-8-23-16)11-6-7-12(14(19)13(11)18)27-17(20,21)22/h2-8,15-16H,1H3. The molecule has 150 valence electrons. The summed E-state index contributed by atoms with van der Waals surface area (Å²) in [5.74, 6) is -5.02. The number of sulfone groups is 1. The van der Waals surface area contributed by atoms with Crippen molar-refractivity contribution in [2.24, 2.45) is 4.99 Å². The third kappa shape index (κ3) is 3.79. The normalized spacial score (nSPS) is 19.5. The van der Waals surface area contributed by atoms with Crippen LogP contribution in [0.1, 0.15) is 17.2 Å². The number of benzene rings is 2. The number of rotatable bonds is 4. The topological polar surface area (TPSA) is 65.0 Å². The van der Waals surface area contributed by atoms with Gasteiger partial charge in [-0.2, -0.15) is 4.39 Å². The number of halogens is 5. The minimum atomic E-state index is -5.22. The molecule has 0 N–H and O–H groups in total. The molecule has 0 saturated heterocycles. The summed E-state index contributed by atoms with van der Waals surface area (Å²) >= 11 is 0. The van der Waals surface area contributed by atoms with Gasteiger partial charge in [0.2, 0.25) is 15.7 Å². The third-order valence-electron chi connectivity index (χ3n) is 3.95. The fraction of sp³-hybridized carbons (Fsp3) is 0.235. The average Bonchev–Trinajstić information content (AvgIpc) is 3.09. The molecule has 0 bridgehead atoms. The van der Waals surface area contributed by atoms with Crippen LogP contribution in [0.15, 0.2) is 46.3 Å². The predicted molar refractivity (Wildman–Crippen MR) is 87.5 cm³/mol. The molecular formula is C17H12F5NO4S. The second-order valence-electron chi connectivity index (χ2n) is 5.89. The Bertz CT molecular complexity index is 1020. The van der Waals surface area contributed by atoms with Crippen LogP contribution in [-0.4, -0.2) is 26.6 Å². The summed E-state index contributed by atoms with van der Waals surface area (Å²) in [5, 5.41) is -1.64. The van der Waals surface area contributed by atoms with E-state index in [1.165, 1.54) is 12.1 Å². The van der Waals surface area contributed by atoms with E-state index in [9.17, 15) is 30.4 Å². The largest absolute Gasteiger partial charge is 0.573 e. The van der Waals surface area contributed by atoms with E-state index in [2.05, 4.69) is 9.73 Å². The van der Waals surface area contributed by atoms with Crippen LogP contribution >= 0.6 is 0 Å². The molecule has 5 nitrogen and oxygen atoms in total. The van der Waals surface area contributed by atoms with Crippen LogP contribution in [0.5, 0.6) is 5.75 Å². The number of aliphatic imine (C=N–C) groups is 1. The maximum atomic E-state index is 14.4. The number of hydrogen-bond donors (Lipinski definition) is 0. The highest BCUT2D eigenvalue weighted by Crippen LogP contribution is 2.38. The Morgan fingerprint density at radius 2 is 1.68 bits per heavy atom. The van der Waals surface area contributed by atoms with Crippen LogP contribution in [0.4, 0.5) is 22.0 Å². The molecule has 0 amide bonds. The molecular weight excluding hydrogens is 409 g/mol. The Morgan fingerprint density at radius 3 is 2.29 bits per heavy atom. The highest BCUT2D eigenvalue weighted by Gasteiger charge is 2.42. The van der Waals surface area contributed by atoms with E-state index in [1.807, 2.05) is 0 Å². The van der Waals surface area contributed by atoms with Crippen LogP contribution in [0.3, 0.4) is 0 Å². The smallest absolute Gasteiger partial charge is 0.472 e. The lowest BCUT2D eigenvalue weighted by atomic mass is 10.1. The molecule has 2 aromatic rings. The summed E-state index contributed by atoms with van der Waals surface area (Å²) in [7, 11) is -4.14. The van der Waals surface area contributed by atoms with E-state index in [4.69, 9.17) is 4.74 Å². The molecule has 0 radical (unpaired) electrons. The van der Waals surface area contributed by atoms with Gasteiger partial charge in [0, 0.05) is 5.56 Å². The molecule has 1 heterocycles. The van der Waals surface area contributed by atoms with Gasteiger partial charge in [0.15, 0.2) is 29.4 Å². The molecule has 0 aliphatic carbocycles. The lowest BCUT2D eigenvalue weighted by Crippen LogP contribution is -2.26. The molecule has 2 atom stereocenters. The molecule has 3 rings (SSSR count). The fourth-order valence-corrected chi connectivity index (χ4v) is 4.15. The Labute approximate surface area is 156 Å². The van der Waals surface area contributed by atoms with E-state index in [1.54, 1.807) is 19.1 Å². The first-order valence-corrected chi connectivity index (χ1v) is 9.26. The van der Waals surface area contributed by atoms with Gasteiger partial charge in [-0.05, 0) is 31.2 Å². The van der Waals surface area contributed by atoms with E-state index >= 15 is 0 Å². The second-order valence-corrected chi connectivity index (χ2v) is 7.93. The molecule has 28 heavy (non-hydrogen) atoms. The van der Waals surface area contributed by atoms with Crippen LogP contribution in [0.2, 0.25) is 0 Å². The first kappa shape index (κ1) is 20.1. The van der Waals surface area contributed by atoms with Crippen molar-refractivity contribution in [3.8, 4) is 5.75 Å². The SMILES string of the molecule is Cc1ccc(S(=O)(=O)C2N=COC2c2ccc(OC(F)(F)F)c(F)c2F)cc1. The maximum absolute atomic E-state index is 14.4. The lowest BCUT2D eigenvalue weighted by molar-refractivity contribution is -0.275. The summed E-state index contributed by atoms with van der Waals surface area (Å²) in [6.45, 7) is 1.75. The van der Waals surface area contributed by atoms with Crippen molar-refractivity contribution in [3.63, 3.8) is 0 Å². The van der Waals surface area contributed by atoms with Crippen molar-refractivity contribution in [3.05, 3.63) is 59.2 Å². The van der Waals surface area contributed by atoms with E-state index < -0.39 is 50.6 Å². The van der Waals surface area contributed by atoms with Crippen LogP contribution in [0, 0.1) is 18.6 Å². The lowest BCUT2D eigenvalue weighted by Gasteiger charge is -2.19. The Hall–Kier alpha value is -2.69. The second kappa shape index (κ2) is 7.04. The van der Waals surface area contributed by atoms with Gasteiger partial charge in [0.25, 0.3) is 0 Å². The van der Waals surface area contributed by atoms with Crippen molar-refractivity contribution in [2.75, 3.05) is 0 Å². The van der Waals surface area contributed by atoms with Gasteiger partial charge in [-0.1, -0.05) is 17.7 Å². The van der Waals surface area contributed by atoms with Gasteiger partial charge in [-0.3, -0.25) is 0 Å². The third-order valence-corrected chi connectivity index (χ3v) is 5.88. The molecule has 2 unspecified atom stereocenters. The molecule has 2 aromatic carbocycles. The van der Waals surface area contributed by atoms with Crippen molar-refractivity contribution >= 4 is 16.2 Å². The minimum absolute atomic E-state index is 0.117. The maximum Gasteiger partial charge on any atom is 0.573 e. The molecule has 11 heteroatoms. The highest BCUT2D eigenvalue weighted by atomic mass is 32.2. The van der Waals surface area contributed by atoms with Crippen LogP contribution in [0.25, 0.3) is 0 Å². The molecule has 0 saturated carbocycles. The molecule has 1 aliphatic heterocycles. The van der Waals surface area contributed by atoms with Gasteiger partial charge in [0.05, 0.1) is 4.90 Å². The summed E-state index contributed by atoms with van der Waals surface area (Å²) in [5.41, 5.74) is 0.195. The zero-order chi connectivity index (χ0) is 20.7. The fourth-order valence-electron chi connectivity index (χ4n) is 2.61. The van der Waals surface area contributed by atoms with E-state index in [-0.39, 0.29) is 4.90 Å². The Balaban J connectivity index is 1.98. The summed E-state index contributed by atoms with van der Waals surface area (Å²) in [6.07, 6.45) is -6.03. The van der Waals surface area contributed by atoms with Gasteiger partial charge < -0.3 is 9.47 Å². The van der Waals surface area contributed by atoms with Gasteiger partial charge >= 0.3 is 6.36 Å². The van der Waals surface area contributed by atoms with E-state index in [0.29, 0.717) is 6.07 Å². The van der Waals surface area contributed by atoms with Gasteiger partial charge in [0.1, 0.15) is 0 Å². The molecule has 0 aromatic heterocycles. The van der Waals surface area contributed by atoms with Gasteiger partial charge in [-0.25, -0.2) is 17.8 Å². The van der Waals surface area contributed by atoms with Crippen LogP contribution < -0.4 is 4.74 Å². The summed E-state index contributed by atoms with van der Waals surface area (Å²) in [4.78, 5) is 3.56. The zero-order valence-electron chi connectivity index (χ0n) is 14.1. The van der Waals surface area contributed by atoms with Crippen molar-refractivity contribution < 1.29 is 39.8 Å². The zero-order valence-corrected chi connectivity index (χ0v) is 14.9. The van der Waals surface area contributed by atoms with Crippen molar-refractivity contribution in [2.45, 2.75) is 29.7 Å². The highest BCUT2D eigenvalue weighted by molar-refractivity contribution is 7.92. The number of nitrogens with zero attached hydrogens (tertiary/aromatic N) is 1. The minimum Gasteiger partial charge on any atom is -0.472 e. The first-order valence-electron chi connectivity index (χ1n) is 7.72. The first-order chi connectivity index (χ1) is 13.0. The van der Waals surface area contributed by atoms with Gasteiger partial charge in [-0.15, -0.1) is 13.2 Å². The van der Waals surface area contributed by atoms with Crippen LogP contribution in [-0.2, 0) is 14.6 Å². The number of hydrogen-bond acceptors (Lipinski definition) is 5. The average molecular weight is 421 g/mol. The number of aryl methyl sites for hydroxylation is 1. The number of alkyl halides is 3. The monoisotopic (exact) mass is 421 g/mol. The summed E-state index contributed by atoms with van der Waals surface area (Å²) < 4.78 is 99.1. The quantitative estimate of drug-likeness (QED) is 0.699.